The summed E-state index contributed by atoms with van der Waals surface area (Å²) < 4.78 is 0. The van der Waals surface area contributed by atoms with Crippen LogP contribution in [0.5, 0.6) is 0 Å². The van der Waals surface area contributed by atoms with Gasteiger partial charge >= 0.3 is 5.97 Å². The normalized spacial score (nSPS) is 37.7. The maximum atomic E-state index is 12.4. The van der Waals surface area contributed by atoms with Crippen molar-refractivity contribution in [1.29, 1.82) is 0 Å². The second kappa shape index (κ2) is 10.4. The first-order valence-corrected chi connectivity index (χ1v) is 13.8. The van der Waals surface area contributed by atoms with E-state index in [0.29, 0.717) is 30.6 Å². The van der Waals surface area contributed by atoms with Crippen LogP contribution in [0.3, 0.4) is 0 Å². The van der Waals surface area contributed by atoms with E-state index in [0.717, 1.165) is 44.2 Å². The van der Waals surface area contributed by atoms with Crippen molar-refractivity contribution in [3.05, 3.63) is 11.6 Å². The molecule has 4 aliphatic carbocycles. The van der Waals surface area contributed by atoms with Crippen molar-refractivity contribution < 1.29 is 34.2 Å². The number of rotatable bonds is 9. The van der Waals surface area contributed by atoms with Crippen molar-refractivity contribution in [2.24, 2.45) is 39.5 Å². The molecule has 4 aliphatic rings. The smallest absolute Gasteiger partial charge is 0.326 e. The monoisotopic (exact) mass is 531 g/mol. The summed E-state index contributed by atoms with van der Waals surface area (Å²) in [6.07, 6.45) is 8.75. The van der Waals surface area contributed by atoms with E-state index in [1.165, 1.54) is 12.5 Å². The number of carboxylic acids is 1. The number of nitrogens with zero attached hydrogens (tertiary/aromatic N) is 1. The fourth-order valence-electron chi connectivity index (χ4n) is 8.19. The first-order chi connectivity index (χ1) is 17.8. The second-order valence-electron chi connectivity index (χ2n) is 12.2. The first-order valence-electron chi connectivity index (χ1n) is 13.8. The quantitative estimate of drug-likeness (QED) is 0.331. The molecule has 5 N–H and O–H groups in total. The molecule has 0 aromatic heterocycles. The average Bonchev–Trinajstić information content (AvgIpc) is 3.13. The van der Waals surface area contributed by atoms with E-state index in [4.69, 9.17) is 10.6 Å². The van der Waals surface area contributed by atoms with Crippen molar-refractivity contribution >= 4 is 29.3 Å². The number of allylic oxidation sites excluding steroid dienone is 2. The minimum Gasteiger partial charge on any atom is -0.480 e. The van der Waals surface area contributed by atoms with Gasteiger partial charge in [-0.2, -0.15) is 0 Å². The van der Waals surface area contributed by atoms with Crippen LogP contribution in [-0.4, -0.2) is 57.7 Å². The maximum absolute atomic E-state index is 12.4. The molecule has 3 fully saturated rings. The van der Waals surface area contributed by atoms with Gasteiger partial charge in [-0.3, -0.25) is 14.4 Å². The van der Waals surface area contributed by atoms with Crippen LogP contribution in [0.4, 0.5) is 0 Å². The Kier molecular flexibility index (Phi) is 7.76. The summed E-state index contributed by atoms with van der Waals surface area (Å²) in [5, 5.41) is 27.0. The summed E-state index contributed by atoms with van der Waals surface area (Å²) in [6.45, 7) is 5.58. The van der Waals surface area contributed by atoms with Gasteiger partial charge in [0.15, 0.2) is 12.4 Å². The van der Waals surface area contributed by atoms with Gasteiger partial charge in [-0.05, 0) is 94.0 Å². The van der Waals surface area contributed by atoms with Crippen molar-refractivity contribution in [3.8, 4) is 0 Å². The van der Waals surface area contributed by atoms with Gasteiger partial charge in [-0.1, -0.05) is 24.6 Å². The zero-order chi connectivity index (χ0) is 27.9. The molecule has 10 heteroatoms. The minimum atomic E-state index is -1.25. The van der Waals surface area contributed by atoms with Crippen LogP contribution in [0, 0.1) is 28.6 Å². The number of hydrogen-bond acceptors (Lipinski definition) is 7. The average molecular weight is 532 g/mol. The zero-order valence-electron chi connectivity index (χ0n) is 22.6. The molecular formula is C28H41N3O7. The molecule has 4 rings (SSSR count). The molecule has 0 heterocycles. The van der Waals surface area contributed by atoms with E-state index >= 15 is 0 Å². The van der Waals surface area contributed by atoms with E-state index in [9.17, 15) is 29.4 Å². The molecular weight excluding hydrogens is 490 g/mol. The summed E-state index contributed by atoms with van der Waals surface area (Å²) in [5.74, 6) is -1.28. The van der Waals surface area contributed by atoms with Gasteiger partial charge < -0.3 is 26.1 Å². The van der Waals surface area contributed by atoms with E-state index in [1.807, 2.05) is 0 Å². The molecule has 7 unspecified atom stereocenters. The van der Waals surface area contributed by atoms with Gasteiger partial charge in [0.05, 0.1) is 5.71 Å². The van der Waals surface area contributed by atoms with Gasteiger partial charge in [0, 0.05) is 11.8 Å². The number of carbonyl (C=O) groups is 4. The van der Waals surface area contributed by atoms with Crippen molar-refractivity contribution in [2.75, 3.05) is 6.61 Å². The van der Waals surface area contributed by atoms with Crippen molar-refractivity contribution in [2.45, 2.75) is 96.6 Å². The summed E-state index contributed by atoms with van der Waals surface area (Å²) in [6, 6.07) is -1.22. The lowest BCUT2D eigenvalue weighted by molar-refractivity contribution is -0.159. The Morgan fingerprint density at radius 2 is 1.84 bits per heavy atom. The number of aliphatic hydroxyl groups is 1. The highest BCUT2D eigenvalue weighted by Crippen LogP contribution is 2.67. The fraction of sp³-hybridized carbons (Fsp3) is 0.750. The Balaban J connectivity index is 1.38. The lowest BCUT2D eigenvalue weighted by Crippen LogP contribution is -2.57. The predicted molar refractivity (Wildman–Crippen MR) is 139 cm³/mol. The Bertz CT molecular complexity index is 1070. The highest BCUT2D eigenvalue weighted by atomic mass is 16.6. The highest BCUT2D eigenvalue weighted by molar-refractivity contribution is 5.96. The maximum Gasteiger partial charge on any atom is 0.326 e. The molecule has 0 radical (unpaired) electrons. The second-order valence-corrected chi connectivity index (χ2v) is 12.2. The highest BCUT2D eigenvalue weighted by Gasteiger charge is 2.65. The molecule has 210 valence electrons. The van der Waals surface area contributed by atoms with Crippen LogP contribution >= 0.6 is 0 Å². The number of ketones is 1. The number of hydrogen-bond donors (Lipinski definition) is 4. The lowest BCUT2D eigenvalue weighted by Gasteiger charge is -2.59. The first kappa shape index (κ1) is 28.3. The van der Waals surface area contributed by atoms with Crippen LogP contribution in [0.2, 0.25) is 0 Å². The Hall–Kier alpha value is -2.75. The molecule has 7 atom stereocenters. The van der Waals surface area contributed by atoms with E-state index in [-0.39, 0.29) is 29.5 Å². The molecule has 10 nitrogen and oxygen atoms in total. The van der Waals surface area contributed by atoms with E-state index < -0.39 is 36.0 Å². The number of amides is 2. The summed E-state index contributed by atoms with van der Waals surface area (Å²) in [5.41, 5.74) is 5.64. The predicted octanol–water partition coefficient (Wildman–Crippen LogP) is 2.48. The SMILES string of the molecule is CC(=O)C1(O)CCC2C3CCC4=CC(=NOCC(=O)NC(CCC(N)=O)C(=O)O)CCC4(C)C3CCC21C. The molecule has 3 saturated carbocycles. The molecule has 0 aromatic carbocycles. The molecule has 2 amide bonds. The van der Waals surface area contributed by atoms with Gasteiger partial charge in [0.2, 0.25) is 5.91 Å². The van der Waals surface area contributed by atoms with Crippen LogP contribution in [0.15, 0.2) is 16.8 Å². The number of nitrogens with one attached hydrogen (secondary N) is 1. The van der Waals surface area contributed by atoms with Crippen molar-refractivity contribution in [1.82, 2.24) is 5.32 Å². The topological polar surface area (TPSA) is 168 Å². The standard InChI is InChI=1S/C28H41N3O7/c1-16(32)28(37)13-10-21-19-5-4-17-14-18(8-11-26(17,2)20(19)9-12-27(21,28)3)31-38-15-24(34)30-22(25(35)36)6-7-23(29)33/h14,19-22,37H,4-13,15H2,1-3H3,(H2,29,33)(H,30,34)(H,35,36). The number of nitrogens with two attached hydrogens (primary N) is 1. The van der Waals surface area contributed by atoms with Crippen LogP contribution < -0.4 is 11.1 Å². The third-order valence-corrected chi connectivity index (χ3v) is 10.4. The van der Waals surface area contributed by atoms with Crippen molar-refractivity contribution in [3.63, 3.8) is 0 Å². The third-order valence-electron chi connectivity index (χ3n) is 10.4. The number of carboxylic acid groups (broad SMARTS) is 1. The van der Waals surface area contributed by atoms with E-state index in [2.05, 4.69) is 30.4 Å². The Morgan fingerprint density at radius 3 is 2.50 bits per heavy atom. The molecule has 0 aliphatic heterocycles. The van der Waals surface area contributed by atoms with E-state index in [1.54, 1.807) is 0 Å². The Morgan fingerprint density at radius 1 is 1.13 bits per heavy atom. The van der Waals surface area contributed by atoms with Gasteiger partial charge in [0.25, 0.3) is 5.91 Å². The van der Waals surface area contributed by atoms with Crippen LogP contribution in [0.25, 0.3) is 0 Å². The molecule has 38 heavy (non-hydrogen) atoms. The number of aliphatic carboxylic acids is 1. The number of primary amides is 1. The largest absolute Gasteiger partial charge is 0.480 e. The lowest BCUT2D eigenvalue weighted by atomic mass is 9.46. The number of Topliss-reactive ketones (excluding diaryl/α,β-unsaturated/α-hetero) is 1. The molecule has 0 saturated heterocycles. The summed E-state index contributed by atoms with van der Waals surface area (Å²) >= 11 is 0. The molecule has 0 spiro atoms. The number of fused-ring (bicyclic) bond motifs is 5. The van der Waals surface area contributed by atoms with Crippen LogP contribution in [0.1, 0.15) is 85.0 Å². The zero-order valence-corrected chi connectivity index (χ0v) is 22.6. The van der Waals surface area contributed by atoms with Crippen LogP contribution in [-0.2, 0) is 24.0 Å². The summed E-state index contributed by atoms with van der Waals surface area (Å²) in [4.78, 5) is 52.1. The Labute approximate surface area is 223 Å². The number of carbonyl (C=O) groups excluding carboxylic acids is 3. The summed E-state index contributed by atoms with van der Waals surface area (Å²) in [7, 11) is 0. The minimum absolute atomic E-state index is 0.0344. The van der Waals surface area contributed by atoms with Gasteiger partial charge in [0.1, 0.15) is 11.6 Å². The molecule has 0 aromatic rings. The van der Waals surface area contributed by atoms with Gasteiger partial charge in [-0.15, -0.1) is 0 Å². The fourth-order valence-corrected chi connectivity index (χ4v) is 8.19. The molecule has 0 bridgehead atoms. The third kappa shape index (κ3) is 4.87. The number of oxime groups is 1. The van der Waals surface area contributed by atoms with Gasteiger partial charge in [-0.25, -0.2) is 4.79 Å².